The Kier molecular flexibility index (Phi) is 6.74. The Hall–Kier alpha value is -2.41. The van der Waals surface area contributed by atoms with E-state index in [9.17, 15) is 14.4 Å². The third kappa shape index (κ3) is 5.05. The van der Waals surface area contributed by atoms with Crippen molar-refractivity contribution in [1.82, 2.24) is 10.2 Å². The van der Waals surface area contributed by atoms with Crippen molar-refractivity contribution >= 4 is 23.4 Å². The normalized spacial score (nSPS) is 15.0. The summed E-state index contributed by atoms with van der Waals surface area (Å²) in [6, 6.07) is 4.58. The second-order valence-corrected chi connectivity index (χ2v) is 7.06. The fourth-order valence-corrected chi connectivity index (χ4v) is 2.82. The van der Waals surface area contributed by atoms with Crippen LogP contribution in [-0.4, -0.2) is 48.3 Å². The molecule has 0 unspecified atom stereocenters. The highest BCUT2D eigenvalue weighted by Crippen LogP contribution is 2.19. The lowest BCUT2D eigenvalue weighted by atomic mass is 10.1. The number of aryl methyl sites for hydroxylation is 1. The van der Waals surface area contributed by atoms with Gasteiger partial charge >= 0.3 is 0 Å². The van der Waals surface area contributed by atoms with Crippen LogP contribution >= 0.6 is 0 Å². The van der Waals surface area contributed by atoms with Crippen LogP contribution in [0, 0.1) is 12.8 Å². The molecule has 1 aliphatic heterocycles. The zero-order valence-electron chi connectivity index (χ0n) is 15.7. The molecule has 1 heterocycles. The van der Waals surface area contributed by atoms with Crippen LogP contribution < -0.4 is 16.4 Å². The molecule has 2 rings (SSSR count). The van der Waals surface area contributed by atoms with E-state index in [0.717, 1.165) is 31.5 Å². The van der Waals surface area contributed by atoms with Crippen molar-refractivity contribution < 1.29 is 14.4 Å². The molecule has 26 heavy (non-hydrogen) atoms. The molecule has 0 aliphatic carbocycles. The van der Waals surface area contributed by atoms with Crippen LogP contribution in [0.5, 0.6) is 0 Å². The zero-order valence-corrected chi connectivity index (χ0v) is 15.7. The van der Waals surface area contributed by atoms with Gasteiger partial charge in [-0.3, -0.25) is 14.4 Å². The van der Waals surface area contributed by atoms with Gasteiger partial charge in [0, 0.05) is 24.3 Å². The maximum Gasteiger partial charge on any atom is 0.253 e. The van der Waals surface area contributed by atoms with Crippen molar-refractivity contribution in [3.63, 3.8) is 0 Å². The van der Waals surface area contributed by atoms with Gasteiger partial charge < -0.3 is 21.3 Å². The van der Waals surface area contributed by atoms with Gasteiger partial charge in [-0.25, -0.2) is 0 Å². The first-order chi connectivity index (χ1) is 12.3. The zero-order chi connectivity index (χ0) is 19.3. The third-order valence-corrected chi connectivity index (χ3v) is 4.58. The van der Waals surface area contributed by atoms with Crippen LogP contribution in [0.25, 0.3) is 0 Å². The summed E-state index contributed by atoms with van der Waals surface area (Å²) in [6.07, 6.45) is 2.09. The Morgan fingerprint density at radius 3 is 2.42 bits per heavy atom. The van der Waals surface area contributed by atoms with Crippen LogP contribution in [-0.2, 0) is 9.59 Å². The van der Waals surface area contributed by atoms with E-state index in [1.54, 1.807) is 18.2 Å². The first-order valence-corrected chi connectivity index (χ1v) is 9.02. The molecule has 0 aromatic heterocycles. The van der Waals surface area contributed by atoms with E-state index in [0.29, 0.717) is 11.3 Å². The minimum absolute atomic E-state index is 0.000920. The van der Waals surface area contributed by atoms with E-state index < -0.39 is 6.04 Å². The summed E-state index contributed by atoms with van der Waals surface area (Å²) in [5.41, 5.74) is 7.78. The number of carbonyl (C=O) groups excluding carboxylic acids is 3. The predicted octanol–water partition coefficient (Wildman–Crippen LogP) is 1.27. The molecule has 0 bridgehead atoms. The SMILES string of the molecule is Cc1cc(C(=O)N2CCCC2)ccc1NC(=O)CNC(=O)[C@@H](N)C(C)C. The van der Waals surface area contributed by atoms with Gasteiger partial charge in [0.25, 0.3) is 5.91 Å². The minimum Gasteiger partial charge on any atom is -0.346 e. The van der Waals surface area contributed by atoms with Crippen molar-refractivity contribution in [2.45, 2.75) is 39.7 Å². The van der Waals surface area contributed by atoms with Gasteiger partial charge in [-0.15, -0.1) is 0 Å². The van der Waals surface area contributed by atoms with Crippen LogP contribution in [0.4, 0.5) is 5.69 Å². The number of benzene rings is 1. The maximum atomic E-state index is 12.4. The maximum absolute atomic E-state index is 12.4. The molecule has 0 saturated carbocycles. The van der Waals surface area contributed by atoms with Crippen LogP contribution in [0.15, 0.2) is 18.2 Å². The second kappa shape index (κ2) is 8.80. The molecule has 4 N–H and O–H groups in total. The highest BCUT2D eigenvalue weighted by atomic mass is 16.2. The average Bonchev–Trinajstić information content (AvgIpc) is 3.14. The quantitative estimate of drug-likeness (QED) is 0.710. The van der Waals surface area contributed by atoms with Crippen LogP contribution in [0.2, 0.25) is 0 Å². The second-order valence-electron chi connectivity index (χ2n) is 7.06. The highest BCUT2D eigenvalue weighted by molar-refractivity contribution is 5.98. The molecule has 1 aliphatic rings. The van der Waals surface area contributed by atoms with E-state index in [2.05, 4.69) is 10.6 Å². The van der Waals surface area contributed by atoms with Crippen molar-refractivity contribution in [2.75, 3.05) is 25.0 Å². The van der Waals surface area contributed by atoms with Gasteiger partial charge in [0.2, 0.25) is 11.8 Å². The molecule has 1 aromatic rings. The fourth-order valence-electron chi connectivity index (χ4n) is 2.82. The molecule has 1 aromatic carbocycles. The number of rotatable bonds is 6. The Labute approximate surface area is 154 Å². The van der Waals surface area contributed by atoms with Gasteiger partial charge in [0.1, 0.15) is 0 Å². The first-order valence-electron chi connectivity index (χ1n) is 9.02. The highest BCUT2D eigenvalue weighted by Gasteiger charge is 2.20. The Morgan fingerprint density at radius 1 is 1.19 bits per heavy atom. The molecule has 142 valence electrons. The largest absolute Gasteiger partial charge is 0.346 e. The van der Waals surface area contributed by atoms with Gasteiger partial charge in [-0.05, 0) is 49.4 Å². The number of likely N-dealkylation sites (tertiary alicyclic amines) is 1. The van der Waals surface area contributed by atoms with Crippen molar-refractivity contribution in [2.24, 2.45) is 11.7 Å². The number of hydrogen-bond donors (Lipinski definition) is 3. The van der Waals surface area contributed by atoms with Gasteiger partial charge in [-0.2, -0.15) is 0 Å². The Bertz CT molecular complexity index is 681. The molecular formula is C19H28N4O3. The number of hydrogen-bond acceptors (Lipinski definition) is 4. The topological polar surface area (TPSA) is 105 Å². The standard InChI is InChI=1S/C19H28N4O3/c1-12(2)17(20)18(25)21-11-16(24)22-15-7-6-14(10-13(15)3)19(26)23-8-4-5-9-23/h6-7,10,12,17H,4-5,8-9,11,20H2,1-3H3,(H,21,25)(H,22,24)/t17-/m0/s1. The van der Waals surface area contributed by atoms with Gasteiger partial charge in [0.05, 0.1) is 12.6 Å². The fraction of sp³-hybridized carbons (Fsp3) is 0.526. The number of amides is 3. The lowest BCUT2D eigenvalue weighted by Crippen LogP contribution is -2.46. The Balaban J connectivity index is 1.92. The molecule has 1 saturated heterocycles. The van der Waals surface area contributed by atoms with Crippen molar-refractivity contribution in [1.29, 1.82) is 0 Å². The summed E-state index contributed by atoms with van der Waals surface area (Å²) >= 11 is 0. The number of anilines is 1. The minimum atomic E-state index is -0.639. The summed E-state index contributed by atoms with van der Waals surface area (Å²) in [5.74, 6) is -0.658. The molecule has 0 spiro atoms. The molecular weight excluding hydrogens is 332 g/mol. The summed E-state index contributed by atoms with van der Waals surface area (Å²) in [4.78, 5) is 38.1. The predicted molar refractivity (Wildman–Crippen MR) is 101 cm³/mol. The average molecular weight is 360 g/mol. The van der Waals surface area contributed by atoms with Crippen LogP contribution in [0.3, 0.4) is 0 Å². The summed E-state index contributed by atoms with van der Waals surface area (Å²) in [6.45, 7) is 6.98. The van der Waals surface area contributed by atoms with Crippen molar-refractivity contribution in [3.05, 3.63) is 29.3 Å². The molecule has 0 radical (unpaired) electrons. The first kappa shape index (κ1) is 19.9. The number of carbonyl (C=O) groups is 3. The molecule has 1 fully saturated rings. The van der Waals surface area contributed by atoms with E-state index in [1.165, 1.54) is 0 Å². The molecule has 3 amide bonds. The summed E-state index contributed by atoms with van der Waals surface area (Å²) in [5, 5.41) is 5.28. The smallest absolute Gasteiger partial charge is 0.253 e. The molecule has 7 heteroatoms. The summed E-state index contributed by atoms with van der Waals surface area (Å²) < 4.78 is 0. The van der Waals surface area contributed by atoms with E-state index in [-0.39, 0.29) is 30.2 Å². The van der Waals surface area contributed by atoms with Gasteiger partial charge in [-0.1, -0.05) is 13.8 Å². The van der Waals surface area contributed by atoms with Crippen molar-refractivity contribution in [3.8, 4) is 0 Å². The number of nitrogens with one attached hydrogen (secondary N) is 2. The van der Waals surface area contributed by atoms with E-state index in [1.807, 2.05) is 25.7 Å². The lowest BCUT2D eigenvalue weighted by Gasteiger charge is -2.17. The van der Waals surface area contributed by atoms with Crippen LogP contribution in [0.1, 0.15) is 42.6 Å². The molecule has 1 atom stereocenters. The van der Waals surface area contributed by atoms with Gasteiger partial charge in [0.15, 0.2) is 0 Å². The van der Waals surface area contributed by atoms with E-state index >= 15 is 0 Å². The lowest BCUT2D eigenvalue weighted by molar-refractivity contribution is -0.125. The monoisotopic (exact) mass is 360 g/mol. The number of nitrogens with zero attached hydrogens (tertiary/aromatic N) is 1. The molecule has 7 nitrogen and oxygen atoms in total. The third-order valence-electron chi connectivity index (χ3n) is 4.58. The van der Waals surface area contributed by atoms with E-state index in [4.69, 9.17) is 5.73 Å². The summed E-state index contributed by atoms with van der Waals surface area (Å²) in [7, 11) is 0. The number of nitrogens with two attached hydrogens (primary N) is 1. The Morgan fingerprint density at radius 2 is 1.85 bits per heavy atom.